The molecule has 0 unspecified atom stereocenters. The summed E-state index contributed by atoms with van der Waals surface area (Å²) in [7, 11) is 0. The third kappa shape index (κ3) is 2.41. The van der Waals surface area contributed by atoms with E-state index in [1.54, 1.807) is 0 Å². The number of imidazole rings is 1. The molecule has 0 saturated heterocycles. The summed E-state index contributed by atoms with van der Waals surface area (Å²) in [4.78, 5) is 4.48. The van der Waals surface area contributed by atoms with Crippen LogP contribution in [0.5, 0.6) is 11.6 Å². The second-order valence-electron chi connectivity index (χ2n) is 4.46. The molecular weight excluding hydrogens is 340 g/mol. The van der Waals surface area contributed by atoms with Crippen molar-refractivity contribution in [2.24, 2.45) is 0 Å². The minimum Gasteiger partial charge on any atom is -0.436 e. The maximum absolute atomic E-state index is 6.03. The van der Waals surface area contributed by atoms with E-state index in [0.717, 1.165) is 27.1 Å². The zero-order valence-electron chi connectivity index (χ0n) is 10.8. The summed E-state index contributed by atoms with van der Waals surface area (Å²) in [5.41, 5.74) is 2.83. The van der Waals surface area contributed by atoms with Crippen LogP contribution in [0, 0.1) is 6.92 Å². The van der Waals surface area contributed by atoms with Crippen LogP contribution in [0.25, 0.3) is 5.65 Å². The molecule has 20 heavy (non-hydrogen) atoms. The average molecular weight is 352 g/mol. The van der Waals surface area contributed by atoms with Crippen LogP contribution in [-0.2, 0) is 5.88 Å². The van der Waals surface area contributed by atoms with Crippen molar-refractivity contribution in [1.29, 1.82) is 0 Å². The SMILES string of the molecule is Cc1ccc(Oc2nc3ccccn3c2CCl)c(Br)c1. The highest BCUT2D eigenvalue weighted by Crippen LogP contribution is 2.32. The van der Waals surface area contributed by atoms with Crippen LogP contribution in [0.4, 0.5) is 0 Å². The van der Waals surface area contributed by atoms with Crippen molar-refractivity contribution >= 4 is 33.2 Å². The number of aromatic nitrogens is 2. The van der Waals surface area contributed by atoms with E-state index in [4.69, 9.17) is 16.3 Å². The molecule has 2 aromatic heterocycles. The first-order valence-corrected chi connectivity index (χ1v) is 7.47. The van der Waals surface area contributed by atoms with Crippen molar-refractivity contribution in [1.82, 2.24) is 9.38 Å². The molecule has 1 aromatic carbocycles. The predicted molar refractivity (Wildman–Crippen MR) is 83.7 cm³/mol. The van der Waals surface area contributed by atoms with E-state index in [-0.39, 0.29) is 0 Å². The molecule has 102 valence electrons. The molecule has 5 heteroatoms. The van der Waals surface area contributed by atoms with Crippen molar-refractivity contribution in [2.45, 2.75) is 12.8 Å². The number of hydrogen-bond donors (Lipinski definition) is 0. The molecule has 0 bridgehead atoms. The fraction of sp³-hybridized carbons (Fsp3) is 0.133. The van der Waals surface area contributed by atoms with E-state index in [1.165, 1.54) is 0 Å². The molecule has 2 heterocycles. The molecule has 0 N–H and O–H groups in total. The van der Waals surface area contributed by atoms with Gasteiger partial charge in [0.15, 0.2) is 0 Å². The van der Waals surface area contributed by atoms with E-state index < -0.39 is 0 Å². The van der Waals surface area contributed by atoms with Gasteiger partial charge >= 0.3 is 0 Å². The number of fused-ring (bicyclic) bond motifs is 1. The lowest BCUT2D eigenvalue weighted by atomic mass is 10.2. The van der Waals surface area contributed by atoms with E-state index in [1.807, 2.05) is 53.9 Å². The molecule has 0 aliphatic heterocycles. The molecule has 0 aliphatic rings. The first kappa shape index (κ1) is 13.5. The molecular formula is C15H12BrClN2O. The molecule has 0 aliphatic carbocycles. The number of halogens is 2. The molecule has 0 spiro atoms. The van der Waals surface area contributed by atoms with Crippen molar-refractivity contribution in [3.8, 4) is 11.6 Å². The Labute approximate surface area is 130 Å². The van der Waals surface area contributed by atoms with Gasteiger partial charge in [-0.3, -0.25) is 4.40 Å². The number of ether oxygens (including phenoxy) is 1. The minimum atomic E-state index is 0.337. The van der Waals surface area contributed by atoms with Gasteiger partial charge < -0.3 is 4.74 Å². The number of hydrogen-bond acceptors (Lipinski definition) is 2. The van der Waals surface area contributed by atoms with Crippen LogP contribution in [0.2, 0.25) is 0 Å². The number of alkyl halides is 1. The summed E-state index contributed by atoms with van der Waals surface area (Å²) in [6.07, 6.45) is 1.93. The normalized spacial score (nSPS) is 10.9. The van der Waals surface area contributed by atoms with Gasteiger partial charge in [-0.2, -0.15) is 4.98 Å². The average Bonchev–Trinajstić information content (AvgIpc) is 2.79. The number of benzene rings is 1. The van der Waals surface area contributed by atoms with Gasteiger partial charge in [0.1, 0.15) is 17.1 Å². The van der Waals surface area contributed by atoms with Gasteiger partial charge in [-0.05, 0) is 52.7 Å². The quantitative estimate of drug-likeness (QED) is 0.625. The Hall–Kier alpha value is -1.52. The Morgan fingerprint density at radius 3 is 2.90 bits per heavy atom. The van der Waals surface area contributed by atoms with Crippen LogP contribution >= 0.6 is 27.5 Å². The molecule has 0 fully saturated rings. The second-order valence-corrected chi connectivity index (χ2v) is 5.58. The maximum Gasteiger partial charge on any atom is 0.242 e. The smallest absolute Gasteiger partial charge is 0.242 e. The van der Waals surface area contributed by atoms with Gasteiger partial charge in [0, 0.05) is 6.20 Å². The summed E-state index contributed by atoms with van der Waals surface area (Å²) in [6.45, 7) is 2.03. The topological polar surface area (TPSA) is 26.5 Å². The Kier molecular flexibility index (Phi) is 3.68. The van der Waals surface area contributed by atoms with Gasteiger partial charge in [-0.25, -0.2) is 0 Å². The Bertz CT molecular complexity index is 770. The number of pyridine rings is 1. The van der Waals surface area contributed by atoms with E-state index in [0.29, 0.717) is 11.8 Å². The Balaban J connectivity index is 2.06. The van der Waals surface area contributed by atoms with Gasteiger partial charge in [0.25, 0.3) is 0 Å². The zero-order chi connectivity index (χ0) is 14.1. The second kappa shape index (κ2) is 5.46. The fourth-order valence-electron chi connectivity index (χ4n) is 2.02. The third-order valence-electron chi connectivity index (χ3n) is 3.01. The standard InChI is InChI=1S/C15H12BrClN2O/c1-10-5-6-13(11(16)8-10)20-15-12(9-17)19-7-3-2-4-14(19)18-15/h2-8H,9H2,1H3. The molecule has 3 aromatic rings. The Morgan fingerprint density at radius 2 is 2.15 bits per heavy atom. The van der Waals surface area contributed by atoms with E-state index in [2.05, 4.69) is 20.9 Å². The largest absolute Gasteiger partial charge is 0.436 e. The molecule has 0 saturated carbocycles. The van der Waals surface area contributed by atoms with E-state index >= 15 is 0 Å². The molecule has 3 nitrogen and oxygen atoms in total. The molecule has 0 radical (unpaired) electrons. The maximum atomic E-state index is 6.03. The minimum absolute atomic E-state index is 0.337. The first-order chi connectivity index (χ1) is 9.69. The van der Waals surface area contributed by atoms with Crippen molar-refractivity contribution in [3.05, 3.63) is 58.3 Å². The highest BCUT2D eigenvalue weighted by molar-refractivity contribution is 9.10. The van der Waals surface area contributed by atoms with Crippen LogP contribution < -0.4 is 4.74 Å². The van der Waals surface area contributed by atoms with Crippen molar-refractivity contribution < 1.29 is 4.74 Å². The highest BCUT2D eigenvalue weighted by atomic mass is 79.9. The predicted octanol–water partition coefficient (Wildman–Crippen LogP) is 4.94. The summed E-state index contributed by atoms with van der Waals surface area (Å²) in [5.74, 6) is 1.60. The van der Waals surface area contributed by atoms with Crippen LogP contribution in [0.1, 0.15) is 11.3 Å². The lowest BCUT2D eigenvalue weighted by Gasteiger charge is -2.07. The lowest BCUT2D eigenvalue weighted by molar-refractivity contribution is 0.458. The number of rotatable bonds is 3. The molecule has 0 atom stereocenters. The first-order valence-electron chi connectivity index (χ1n) is 6.15. The molecule has 0 amide bonds. The van der Waals surface area contributed by atoms with Gasteiger partial charge in [0.05, 0.1) is 10.4 Å². The van der Waals surface area contributed by atoms with Gasteiger partial charge in [0.2, 0.25) is 5.88 Å². The van der Waals surface area contributed by atoms with Crippen LogP contribution in [0.3, 0.4) is 0 Å². The zero-order valence-corrected chi connectivity index (χ0v) is 13.1. The van der Waals surface area contributed by atoms with Gasteiger partial charge in [-0.15, -0.1) is 11.6 Å². The lowest BCUT2D eigenvalue weighted by Crippen LogP contribution is -1.92. The summed E-state index contributed by atoms with van der Waals surface area (Å²) < 4.78 is 8.74. The van der Waals surface area contributed by atoms with Gasteiger partial charge in [-0.1, -0.05) is 12.1 Å². The van der Waals surface area contributed by atoms with Crippen molar-refractivity contribution in [2.75, 3.05) is 0 Å². The third-order valence-corrected chi connectivity index (χ3v) is 3.89. The van der Waals surface area contributed by atoms with E-state index in [9.17, 15) is 0 Å². The van der Waals surface area contributed by atoms with Crippen LogP contribution in [0.15, 0.2) is 47.1 Å². The fourth-order valence-corrected chi connectivity index (χ4v) is 2.84. The summed E-state index contributed by atoms with van der Waals surface area (Å²) in [6, 6.07) is 11.7. The Morgan fingerprint density at radius 1 is 1.30 bits per heavy atom. The summed E-state index contributed by atoms with van der Waals surface area (Å²) in [5, 5.41) is 0. The monoisotopic (exact) mass is 350 g/mol. The highest BCUT2D eigenvalue weighted by Gasteiger charge is 2.14. The number of aryl methyl sites for hydroxylation is 1. The van der Waals surface area contributed by atoms with Crippen molar-refractivity contribution in [3.63, 3.8) is 0 Å². The summed E-state index contributed by atoms with van der Waals surface area (Å²) >= 11 is 9.53. The molecule has 3 rings (SSSR count). The van der Waals surface area contributed by atoms with Crippen LogP contribution in [-0.4, -0.2) is 9.38 Å². The number of nitrogens with zero attached hydrogens (tertiary/aromatic N) is 2.